The van der Waals surface area contributed by atoms with E-state index < -0.39 is 0 Å². The lowest BCUT2D eigenvalue weighted by Crippen LogP contribution is -2.41. The molecular formula is C14H28N2O. The van der Waals surface area contributed by atoms with E-state index in [1.807, 2.05) is 0 Å². The summed E-state index contributed by atoms with van der Waals surface area (Å²) in [6, 6.07) is 0. The van der Waals surface area contributed by atoms with Gasteiger partial charge in [0.25, 0.3) is 0 Å². The Balaban J connectivity index is 1.71. The molecule has 2 rings (SSSR count). The molecule has 2 aliphatic heterocycles. The molecule has 2 saturated heterocycles. The van der Waals surface area contributed by atoms with E-state index in [9.17, 15) is 0 Å². The van der Waals surface area contributed by atoms with Gasteiger partial charge in [0.2, 0.25) is 0 Å². The van der Waals surface area contributed by atoms with Gasteiger partial charge in [-0.1, -0.05) is 6.92 Å². The lowest BCUT2D eigenvalue weighted by Gasteiger charge is -2.33. The van der Waals surface area contributed by atoms with E-state index in [0.717, 1.165) is 25.0 Å². The van der Waals surface area contributed by atoms with Crippen molar-refractivity contribution in [1.82, 2.24) is 10.2 Å². The van der Waals surface area contributed by atoms with Crippen molar-refractivity contribution in [2.75, 3.05) is 45.9 Å². The average molecular weight is 240 g/mol. The molecule has 3 heteroatoms. The smallest absolute Gasteiger partial charge is 0.0506 e. The first-order chi connectivity index (χ1) is 8.38. The van der Waals surface area contributed by atoms with E-state index in [1.165, 1.54) is 58.4 Å². The monoisotopic (exact) mass is 240 g/mol. The summed E-state index contributed by atoms with van der Waals surface area (Å²) in [6.45, 7) is 10.4. The van der Waals surface area contributed by atoms with Gasteiger partial charge in [0, 0.05) is 19.7 Å². The Bertz CT molecular complexity index is 178. The van der Waals surface area contributed by atoms with Gasteiger partial charge in [-0.2, -0.15) is 0 Å². The first-order valence-corrected chi connectivity index (χ1v) is 7.39. The standard InChI is InChI=1S/C14H28N2O/c1-2-16(10-13-5-3-7-15-9-13)11-14-6-4-8-17-12-14/h13-15H,2-12H2,1H3. The fraction of sp³-hybridized carbons (Fsp3) is 1.00. The lowest BCUT2D eigenvalue weighted by molar-refractivity contribution is 0.0362. The van der Waals surface area contributed by atoms with Crippen molar-refractivity contribution < 1.29 is 4.74 Å². The minimum absolute atomic E-state index is 0.778. The van der Waals surface area contributed by atoms with Crippen LogP contribution in [0.1, 0.15) is 32.6 Å². The molecule has 0 radical (unpaired) electrons. The fourth-order valence-corrected chi connectivity index (χ4v) is 3.09. The Kier molecular flexibility index (Phi) is 5.75. The van der Waals surface area contributed by atoms with Crippen LogP contribution in [0.3, 0.4) is 0 Å². The molecule has 0 spiro atoms. The van der Waals surface area contributed by atoms with Crippen LogP contribution in [0.15, 0.2) is 0 Å². The number of nitrogens with one attached hydrogen (secondary N) is 1. The predicted octanol–water partition coefficient (Wildman–Crippen LogP) is 1.73. The largest absolute Gasteiger partial charge is 0.381 e. The van der Waals surface area contributed by atoms with Crippen molar-refractivity contribution in [3.05, 3.63) is 0 Å². The molecule has 3 nitrogen and oxygen atoms in total. The van der Waals surface area contributed by atoms with Gasteiger partial charge >= 0.3 is 0 Å². The zero-order valence-corrected chi connectivity index (χ0v) is 11.3. The van der Waals surface area contributed by atoms with Crippen molar-refractivity contribution in [2.24, 2.45) is 11.8 Å². The average Bonchev–Trinajstić information content (AvgIpc) is 2.40. The van der Waals surface area contributed by atoms with Gasteiger partial charge in [0.05, 0.1) is 6.61 Å². The second-order valence-electron chi connectivity index (χ2n) is 5.65. The zero-order valence-electron chi connectivity index (χ0n) is 11.3. The third-order valence-corrected chi connectivity index (χ3v) is 4.13. The van der Waals surface area contributed by atoms with Crippen molar-refractivity contribution in [3.8, 4) is 0 Å². The van der Waals surface area contributed by atoms with Crippen LogP contribution in [0.25, 0.3) is 0 Å². The highest BCUT2D eigenvalue weighted by Gasteiger charge is 2.20. The molecule has 2 atom stereocenters. The van der Waals surface area contributed by atoms with Gasteiger partial charge in [-0.05, 0) is 57.2 Å². The van der Waals surface area contributed by atoms with Crippen LogP contribution in [0.4, 0.5) is 0 Å². The van der Waals surface area contributed by atoms with Crippen LogP contribution < -0.4 is 5.32 Å². The molecule has 2 unspecified atom stereocenters. The quantitative estimate of drug-likeness (QED) is 0.792. The van der Waals surface area contributed by atoms with Crippen molar-refractivity contribution in [2.45, 2.75) is 32.6 Å². The maximum absolute atomic E-state index is 5.58. The first-order valence-electron chi connectivity index (χ1n) is 7.39. The fourth-order valence-electron chi connectivity index (χ4n) is 3.09. The van der Waals surface area contributed by atoms with E-state index in [1.54, 1.807) is 0 Å². The first kappa shape index (κ1) is 13.3. The van der Waals surface area contributed by atoms with E-state index in [0.29, 0.717) is 0 Å². The predicted molar refractivity (Wildman–Crippen MR) is 71.3 cm³/mol. The third kappa shape index (κ3) is 4.57. The SMILES string of the molecule is CCN(CC1CCCNC1)CC1CCCOC1. The Labute approximate surface area is 106 Å². The minimum Gasteiger partial charge on any atom is -0.381 e. The molecule has 2 fully saturated rings. The van der Waals surface area contributed by atoms with Gasteiger partial charge in [-0.3, -0.25) is 0 Å². The topological polar surface area (TPSA) is 24.5 Å². The van der Waals surface area contributed by atoms with Gasteiger partial charge in [-0.25, -0.2) is 0 Å². The molecule has 0 amide bonds. The van der Waals surface area contributed by atoms with Crippen LogP contribution >= 0.6 is 0 Å². The Morgan fingerprint density at radius 2 is 2.00 bits per heavy atom. The number of hydrogen-bond donors (Lipinski definition) is 1. The molecule has 0 saturated carbocycles. The van der Waals surface area contributed by atoms with Crippen molar-refractivity contribution in [1.29, 1.82) is 0 Å². The molecule has 1 N–H and O–H groups in total. The lowest BCUT2D eigenvalue weighted by atomic mass is 9.97. The van der Waals surface area contributed by atoms with Gasteiger partial charge in [0.1, 0.15) is 0 Å². The van der Waals surface area contributed by atoms with E-state index in [2.05, 4.69) is 17.1 Å². The van der Waals surface area contributed by atoms with Gasteiger partial charge in [-0.15, -0.1) is 0 Å². The molecule has 17 heavy (non-hydrogen) atoms. The summed E-state index contributed by atoms with van der Waals surface area (Å²) in [6.07, 6.45) is 5.38. The number of ether oxygens (including phenoxy) is 1. The molecular weight excluding hydrogens is 212 g/mol. The van der Waals surface area contributed by atoms with Gasteiger partial charge < -0.3 is 15.0 Å². The number of rotatable bonds is 5. The van der Waals surface area contributed by atoms with Crippen molar-refractivity contribution in [3.63, 3.8) is 0 Å². The van der Waals surface area contributed by atoms with Crippen LogP contribution in [-0.2, 0) is 4.74 Å². The third-order valence-electron chi connectivity index (χ3n) is 4.13. The summed E-state index contributed by atoms with van der Waals surface area (Å²) < 4.78 is 5.58. The molecule has 0 bridgehead atoms. The summed E-state index contributed by atoms with van der Waals surface area (Å²) in [5, 5.41) is 3.52. The molecule has 0 aliphatic carbocycles. The van der Waals surface area contributed by atoms with Crippen LogP contribution in [0, 0.1) is 11.8 Å². The number of piperidine rings is 1. The summed E-state index contributed by atoms with van der Waals surface area (Å²) in [5.41, 5.74) is 0. The molecule has 100 valence electrons. The van der Waals surface area contributed by atoms with Crippen molar-refractivity contribution >= 4 is 0 Å². The second kappa shape index (κ2) is 7.34. The second-order valence-corrected chi connectivity index (χ2v) is 5.65. The highest BCUT2D eigenvalue weighted by atomic mass is 16.5. The Hall–Kier alpha value is -0.120. The summed E-state index contributed by atoms with van der Waals surface area (Å²) in [5.74, 6) is 1.65. The van der Waals surface area contributed by atoms with E-state index in [-0.39, 0.29) is 0 Å². The van der Waals surface area contributed by atoms with Crippen LogP contribution in [0.5, 0.6) is 0 Å². The van der Waals surface area contributed by atoms with E-state index >= 15 is 0 Å². The molecule has 2 aliphatic rings. The highest BCUT2D eigenvalue weighted by Crippen LogP contribution is 2.17. The minimum atomic E-state index is 0.778. The molecule has 2 heterocycles. The molecule has 0 aromatic carbocycles. The highest BCUT2D eigenvalue weighted by molar-refractivity contribution is 4.75. The number of hydrogen-bond acceptors (Lipinski definition) is 3. The maximum Gasteiger partial charge on any atom is 0.0506 e. The van der Waals surface area contributed by atoms with Crippen LogP contribution in [0.2, 0.25) is 0 Å². The molecule has 0 aromatic heterocycles. The number of nitrogens with zero attached hydrogens (tertiary/aromatic N) is 1. The maximum atomic E-state index is 5.58. The van der Waals surface area contributed by atoms with Crippen LogP contribution in [-0.4, -0.2) is 50.8 Å². The summed E-state index contributed by atoms with van der Waals surface area (Å²) in [7, 11) is 0. The van der Waals surface area contributed by atoms with E-state index in [4.69, 9.17) is 4.74 Å². The Morgan fingerprint density at radius 1 is 1.18 bits per heavy atom. The zero-order chi connectivity index (χ0) is 11.9. The Morgan fingerprint density at radius 3 is 2.65 bits per heavy atom. The summed E-state index contributed by atoms with van der Waals surface area (Å²) in [4.78, 5) is 2.64. The molecule has 0 aromatic rings. The normalized spacial score (nSPS) is 30.7. The van der Waals surface area contributed by atoms with Gasteiger partial charge in [0.15, 0.2) is 0 Å². The summed E-state index contributed by atoms with van der Waals surface area (Å²) >= 11 is 0.